The minimum atomic E-state index is -0.473. The van der Waals surface area contributed by atoms with E-state index < -0.39 is 6.09 Å². The standard InChI is InChI=1S/C11H14ClNO2/c1-8-3-4-10(7-9(8)2)15-11(14)13-6-5-12/h3-4,7H,5-6H2,1-2H3,(H,13,14). The molecule has 0 aliphatic heterocycles. The van der Waals surface area contributed by atoms with Gasteiger partial charge in [-0.2, -0.15) is 0 Å². The van der Waals surface area contributed by atoms with E-state index in [-0.39, 0.29) is 0 Å². The molecule has 1 amide bonds. The molecule has 0 aromatic heterocycles. The number of ether oxygens (including phenoxy) is 1. The van der Waals surface area contributed by atoms with Gasteiger partial charge >= 0.3 is 6.09 Å². The third kappa shape index (κ3) is 3.80. The zero-order chi connectivity index (χ0) is 11.3. The molecule has 1 rings (SSSR count). The van der Waals surface area contributed by atoms with E-state index in [1.54, 1.807) is 6.07 Å². The van der Waals surface area contributed by atoms with Crippen molar-refractivity contribution in [1.29, 1.82) is 0 Å². The van der Waals surface area contributed by atoms with E-state index in [9.17, 15) is 4.79 Å². The summed E-state index contributed by atoms with van der Waals surface area (Å²) in [4.78, 5) is 11.2. The van der Waals surface area contributed by atoms with Crippen LogP contribution in [0.25, 0.3) is 0 Å². The number of hydrogen-bond donors (Lipinski definition) is 1. The lowest BCUT2D eigenvalue weighted by Gasteiger charge is -2.07. The largest absolute Gasteiger partial charge is 0.412 e. The Kier molecular flexibility index (Phi) is 4.43. The van der Waals surface area contributed by atoms with E-state index >= 15 is 0 Å². The fourth-order valence-corrected chi connectivity index (χ4v) is 1.16. The molecule has 0 aliphatic rings. The smallest absolute Gasteiger partial charge is 0.410 e. The van der Waals surface area contributed by atoms with Crippen molar-refractivity contribution < 1.29 is 9.53 Å². The summed E-state index contributed by atoms with van der Waals surface area (Å²) in [6.45, 7) is 4.39. The van der Waals surface area contributed by atoms with E-state index in [0.717, 1.165) is 5.56 Å². The normalized spacial score (nSPS) is 9.80. The summed E-state index contributed by atoms with van der Waals surface area (Å²) in [5, 5.41) is 2.52. The quantitative estimate of drug-likeness (QED) is 0.807. The molecule has 15 heavy (non-hydrogen) atoms. The van der Waals surface area contributed by atoms with E-state index in [1.807, 2.05) is 26.0 Å². The second-order valence-electron chi connectivity index (χ2n) is 3.25. The highest BCUT2D eigenvalue weighted by Crippen LogP contribution is 2.16. The lowest BCUT2D eigenvalue weighted by molar-refractivity contribution is 0.201. The predicted octanol–water partition coefficient (Wildman–Crippen LogP) is 2.63. The van der Waals surface area contributed by atoms with E-state index in [0.29, 0.717) is 18.2 Å². The highest BCUT2D eigenvalue weighted by atomic mass is 35.5. The van der Waals surface area contributed by atoms with Crippen molar-refractivity contribution in [3.63, 3.8) is 0 Å². The molecule has 0 radical (unpaired) electrons. The van der Waals surface area contributed by atoms with Crippen molar-refractivity contribution in [2.24, 2.45) is 0 Å². The molecule has 3 nitrogen and oxygen atoms in total. The van der Waals surface area contributed by atoms with Gasteiger partial charge < -0.3 is 10.1 Å². The van der Waals surface area contributed by atoms with Crippen LogP contribution in [0.15, 0.2) is 18.2 Å². The second kappa shape index (κ2) is 5.61. The minimum absolute atomic E-state index is 0.377. The molecule has 0 spiro atoms. The highest BCUT2D eigenvalue weighted by molar-refractivity contribution is 6.18. The topological polar surface area (TPSA) is 38.3 Å². The summed E-state index contributed by atoms with van der Waals surface area (Å²) in [5.41, 5.74) is 2.26. The Morgan fingerprint density at radius 3 is 2.73 bits per heavy atom. The number of benzene rings is 1. The van der Waals surface area contributed by atoms with Crippen LogP contribution in [0.3, 0.4) is 0 Å². The number of carbonyl (C=O) groups excluding carboxylic acids is 1. The van der Waals surface area contributed by atoms with E-state index in [1.165, 1.54) is 5.56 Å². The molecule has 0 heterocycles. The first-order valence-electron chi connectivity index (χ1n) is 4.72. The van der Waals surface area contributed by atoms with Crippen LogP contribution in [0.1, 0.15) is 11.1 Å². The third-order valence-corrected chi connectivity index (χ3v) is 2.24. The fraction of sp³-hybridized carbons (Fsp3) is 0.364. The van der Waals surface area contributed by atoms with Crippen LogP contribution in [0.5, 0.6) is 5.75 Å². The van der Waals surface area contributed by atoms with Crippen molar-refractivity contribution in [3.05, 3.63) is 29.3 Å². The highest BCUT2D eigenvalue weighted by Gasteiger charge is 2.03. The van der Waals surface area contributed by atoms with Crippen molar-refractivity contribution in [1.82, 2.24) is 5.32 Å². The Morgan fingerprint density at radius 2 is 2.13 bits per heavy atom. The number of carbonyl (C=O) groups is 1. The molecular formula is C11H14ClNO2. The molecule has 0 unspecified atom stereocenters. The number of halogens is 1. The predicted molar refractivity (Wildman–Crippen MR) is 60.7 cm³/mol. The van der Waals surface area contributed by atoms with E-state index in [4.69, 9.17) is 16.3 Å². The Labute approximate surface area is 94.4 Å². The summed E-state index contributed by atoms with van der Waals surface area (Å²) in [6.07, 6.45) is -0.473. The number of amides is 1. The van der Waals surface area contributed by atoms with E-state index in [2.05, 4.69) is 5.32 Å². The molecule has 0 bridgehead atoms. The summed E-state index contributed by atoms with van der Waals surface area (Å²) < 4.78 is 5.04. The molecule has 1 N–H and O–H groups in total. The first kappa shape index (κ1) is 11.9. The maximum Gasteiger partial charge on any atom is 0.412 e. The molecular weight excluding hydrogens is 214 g/mol. The number of rotatable bonds is 3. The summed E-state index contributed by atoms with van der Waals surface area (Å²) >= 11 is 5.42. The van der Waals surface area contributed by atoms with Crippen LogP contribution in [-0.4, -0.2) is 18.5 Å². The molecule has 0 fully saturated rings. The number of aryl methyl sites for hydroxylation is 2. The first-order valence-corrected chi connectivity index (χ1v) is 5.26. The van der Waals surface area contributed by atoms with Gasteiger partial charge in [-0.3, -0.25) is 0 Å². The molecule has 1 aromatic carbocycles. The molecule has 0 saturated heterocycles. The van der Waals surface area contributed by atoms with Gasteiger partial charge in [-0.15, -0.1) is 11.6 Å². The average Bonchev–Trinajstić information content (AvgIpc) is 2.20. The SMILES string of the molecule is Cc1ccc(OC(=O)NCCCl)cc1C. The Hall–Kier alpha value is -1.22. The van der Waals surface area contributed by atoms with Gasteiger partial charge in [0, 0.05) is 12.4 Å². The van der Waals surface area contributed by atoms with Crippen LogP contribution in [0.2, 0.25) is 0 Å². The van der Waals surface area contributed by atoms with Crippen molar-refractivity contribution in [3.8, 4) is 5.75 Å². The van der Waals surface area contributed by atoms with Crippen LogP contribution in [-0.2, 0) is 0 Å². The van der Waals surface area contributed by atoms with Crippen molar-refractivity contribution >= 4 is 17.7 Å². The van der Waals surface area contributed by atoms with Gasteiger partial charge in [-0.05, 0) is 37.1 Å². The van der Waals surface area contributed by atoms with Gasteiger partial charge in [0.25, 0.3) is 0 Å². The zero-order valence-electron chi connectivity index (χ0n) is 8.84. The Balaban J connectivity index is 2.57. The van der Waals surface area contributed by atoms with Gasteiger partial charge in [0.1, 0.15) is 5.75 Å². The van der Waals surface area contributed by atoms with Crippen molar-refractivity contribution in [2.45, 2.75) is 13.8 Å². The van der Waals surface area contributed by atoms with Gasteiger partial charge in [-0.1, -0.05) is 6.07 Å². The lowest BCUT2D eigenvalue weighted by atomic mass is 10.1. The summed E-state index contributed by atoms with van der Waals surface area (Å²) in [6, 6.07) is 5.51. The van der Waals surface area contributed by atoms with Crippen LogP contribution < -0.4 is 10.1 Å². The summed E-state index contributed by atoms with van der Waals surface area (Å²) in [7, 11) is 0. The number of nitrogens with one attached hydrogen (secondary N) is 1. The fourth-order valence-electron chi connectivity index (χ4n) is 1.07. The average molecular weight is 228 g/mol. The van der Waals surface area contributed by atoms with Gasteiger partial charge in [0.15, 0.2) is 0 Å². The Bertz CT molecular complexity index is 352. The minimum Gasteiger partial charge on any atom is -0.410 e. The maximum atomic E-state index is 11.2. The molecule has 0 aliphatic carbocycles. The van der Waals surface area contributed by atoms with Crippen molar-refractivity contribution in [2.75, 3.05) is 12.4 Å². The van der Waals surface area contributed by atoms with Gasteiger partial charge in [-0.25, -0.2) is 4.79 Å². The van der Waals surface area contributed by atoms with Crippen LogP contribution in [0.4, 0.5) is 4.79 Å². The van der Waals surface area contributed by atoms with Crippen LogP contribution in [0, 0.1) is 13.8 Å². The molecule has 0 atom stereocenters. The summed E-state index contributed by atoms with van der Waals surface area (Å²) in [5.74, 6) is 0.923. The zero-order valence-corrected chi connectivity index (χ0v) is 9.60. The third-order valence-electron chi connectivity index (χ3n) is 2.05. The monoisotopic (exact) mass is 227 g/mol. The first-order chi connectivity index (χ1) is 7.13. The lowest BCUT2D eigenvalue weighted by Crippen LogP contribution is -2.28. The van der Waals surface area contributed by atoms with Gasteiger partial charge in [0.05, 0.1) is 0 Å². The number of alkyl halides is 1. The molecule has 1 aromatic rings. The van der Waals surface area contributed by atoms with Gasteiger partial charge in [0.2, 0.25) is 0 Å². The number of hydrogen-bond acceptors (Lipinski definition) is 2. The van der Waals surface area contributed by atoms with Crippen LogP contribution >= 0.6 is 11.6 Å². The second-order valence-corrected chi connectivity index (χ2v) is 3.63. The Morgan fingerprint density at radius 1 is 1.40 bits per heavy atom. The molecule has 0 saturated carbocycles. The molecule has 82 valence electrons. The molecule has 4 heteroatoms. The maximum absolute atomic E-state index is 11.2.